The molecule has 2 fully saturated rings. The molecule has 0 saturated carbocycles. The number of amides is 4. The molecule has 2 aliphatic rings. The molecule has 0 spiro atoms. The molecule has 1 N–H and O–H groups in total. The maximum atomic E-state index is 13.9. The van der Waals surface area contributed by atoms with Gasteiger partial charge in [0.2, 0.25) is 11.8 Å². The van der Waals surface area contributed by atoms with Crippen molar-refractivity contribution in [1.29, 1.82) is 0 Å². The fourth-order valence-corrected chi connectivity index (χ4v) is 5.29. The lowest BCUT2D eigenvalue weighted by Crippen LogP contribution is -2.76. The van der Waals surface area contributed by atoms with Gasteiger partial charge in [-0.2, -0.15) is 0 Å². The Balaban J connectivity index is 1.44. The molecule has 2 aliphatic heterocycles. The SMILES string of the molecule is COc1ccc(CN2C[C@H]3N(C(=O)CN(C)N3C(=O)NCc3ccccc3)[C@@H](Cc3ccccc3)C2=O)cc1. The molecule has 2 atom stereocenters. The van der Waals surface area contributed by atoms with Crippen molar-refractivity contribution in [3.8, 4) is 5.75 Å². The van der Waals surface area contributed by atoms with Crippen LogP contribution in [0.4, 0.5) is 4.79 Å². The van der Waals surface area contributed by atoms with Crippen molar-refractivity contribution in [3.05, 3.63) is 102 Å². The molecule has 5 rings (SSSR count). The van der Waals surface area contributed by atoms with Gasteiger partial charge in [0.25, 0.3) is 0 Å². The molecule has 9 nitrogen and oxygen atoms in total. The first-order valence-corrected chi connectivity index (χ1v) is 13.0. The number of carbonyl (C=O) groups is 3. The first kappa shape index (κ1) is 26.2. The molecule has 9 heteroatoms. The van der Waals surface area contributed by atoms with E-state index in [-0.39, 0.29) is 30.9 Å². The Hall–Kier alpha value is -4.37. The molecule has 0 radical (unpaired) electrons. The Bertz CT molecular complexity index is 1300. The smallest absolute Gasteiger partial charge is 0.334 e. The van der Waals surface area contributed by atoms with Gasteiger partial charge in [0.1, 0.15) is 18.0 Å². The van der Waals surface area contributed by atoms with E-state index in [2.05, 4.69) is 5.32 Å². The number of methoxy groups -OCH3 is 1. The molecule has 4 amide bonds. The summed E-state index contributed by atoms with van der Waals surface area (Å²) in [4.78, 5) is 44.2. The highest BCUT2D eigenvalue weighted by molar-refractivity contribution is 5.91. The van der Waals surface area contributed by atoms with Crippen LogP contribution in [0.15, 0.2) is 84.9 Å². The highest BCUT2D eigenvalue weighted by Gasteiger charge is 2.50. The van der Waals surface area contributed by atoms with Crippen molar-refractivity contribution in [3.63, 3.8) is 0 Å². The fourth-order valence-electron chi connectivity index (χ4n) is 5.29. The average Bonchev–Trinajstić information content (AvgIpc) is 2.95. The van der Waals surface area contributed by atoms with E-state index >= 15 is 0 Å². The first-order valence-electron chi connectivity index (χ1n) is 13.0. The van der Waals surface area contributed by atoms with Crippen LogP contribution >= 0.6 is 0 Å². The molecule has 3 aromatic rings. The van der Waals surface area contributed by atoms with Gasteiger partial charge in [-0.1, -0.05) is 72.8 Å². The Morgan fingerprint density at radius 3 is 2.18 bits per heavy atom. The van der Waals surface area contributed by atoms with Crippen LogP contribution < -0.4 is 10.1 Å². The molecule has 39 heavy (non-hydrogen) atoms. The highest BCUT2D eigenvalue weighted by atomic mass is 16.5. The van der Waals surface area contributed by atoms with Gasteiger partial charge in [0.05, 0.1) is 20.2 Å². The van der Waals surface area contributed by atoms with Crippen LogP contribution in [0.1, 0.15) is 16.7 Å². The number of ether oxygens (including phenoxy) is 1. The Morgan fingerprint density at radius 1 is 0.897 bits per heavy atom. The van der Waals surface area contributed by atoms with Crippen LogP contribution in [-0.4, -0.2) is 77.1 Å². The lowest BCUT2D eigenvalue weighted by Gasteiger charge is -2.54. The number of rotatable bonds is 7. The maximum Gasteiger partial charge on any atom is 0.334 e. The number of urea groups is 1. The summed E-state index contributed by atoms with van der Waals surface area (Å²) in [6, 6.07) is 25.9. The predicted molar refractivity (Wildman–Crippen MR) is 146 cm³/mol. The van der Waals surface area contributed by atoms with E-state index in [1.807, 2.05) is 84.9 Å². The number of piperazine rings is 1. The lowest BCUT2D eigenvalue weighted by atomic mass is 9.98. The van der Waals surface area contributed by atoms with Crippen LogP contribution in [0.5, 0.6) is 5.75 Å². The van der Waals surface area contributed by atoms with Crippen molar-refractivity contribution < 1.29 is 19.1 Å². The number of fused-ring (bicyclic) bond motifs is 1. The molecule has 2 saturated heterocycles. The monoisotopic (exact) mass is 527 g/mol. The normalized spacial score (nSPS) is 19.6. The number of carbonyl (C=O) groups excluding carboxylic acids is 3. The fraction of sp³-hybridized carbons (Fsp3) is 0.300. The Morgan fingerprint density at radius 2 is 1.54 bits per heavy atom. The third-order valence-corrected chi connectivity index (χ3v) is 7.24. The third-order valence-electron chi connectivity index (χ3n) is 7.24. The Labute approximate surface area is 228 Å². The summed E-state index contributed by atoms with van der Waals surface area (Å²) >= 11 is 0. The molecule has 0 bridgehead atoms. The van der Waals surface area contributed by atoms with Crippen molar-refractivity contribution in [2.45, 2.75) is 31.7 Å². The van der Waals surface area contributed by atoms with Gasteiger partial charge in [0.15, 0.2) is 0 Å². The van der Waals surface area contributed by atoms with E-state index in [0.29, 0.717) is 19.5 Å². The molecule has 0 unspecified atom stereocenters. The summed E-state index contributed by atoms with van der Waals surface area (Å²) < 4.78 is 5.27. The van der Waals surface area contributed by atoms with E-state index in [1.165, 1.54) is 0 Å². The van der Waals surface area contributed by atoms with Crippen LogP contribution in [0.2, 0.25) is 0 Å². The van der Waals surface area contributed by atoms with Crippen molar-refractivity contribution in [1.82, 2.24) is 25.1 Å². The quantitative estimate of drug-likeness (QED) is 0.511. The summed E-state index contributed by atoms with van der Waals surface area (Å²) in [5.74, 6) is 0.430. The van der Waals surface area contributed by atoms with E-state index < -0.39 is 12.2 Å². The summed E-state index contributed by atoms with van der Waals surface area (Å²) in [5.41, 5.74) is 2.86. The van der Waals surface area contributed by atoms with Gasteiger partial charge < -0.3 is 19.9 Å². The second kappa shape index (κ2) is 11.6. The maximum absolute atomic E-state index is 13.9. The Kier molecular flexibility index (Phi) is 7.79. The minimum Gasteiger partial charge on any atom is -0.497 e. The number of nitrogens with zero attached hydrogens (tertiary/aromatic N) is 4. The van der Waals surface area contributed by atoms with Gasteiger partial charge in [-0.05, 0) is 28.8 Å². The zero-order valence-electron chi connectivity index (χ0n) is 22.2. The summed E-state index contributed by atoms with van der Waals surface area (Å²) in [5, 5.41) is 6.21. The van der Waals surface area contributed by atoms with Crippen LogP contribution in [0.25, 0.3) is 0 Å². The third kappa shape index (κ3) is 5.73. The minimum absolute atomic E-state index is 0.00626. The van der Waals surface area contributed by atoms with E-state index in [1.54, 1.807) is 34.0 Å². The van der Waals surface area contributed by atoms with E-state index in [4.69, 9.17) is 4.74 Å². The molecule has 3 aromatic carbocycles. The van der Waals surface area contributed by atoms with Crippen LogP contribution in [-0.2, 0) is 29.1 Å². The molecule has 2 heterocycles. The zero-order valence-corrected chi connectivity index (χ0v) is 22.2. The second-order valence-corrected chi connectivity index (χ2v) is 9.86. The molecular formula is C30H33N5O4. The van der Waals surface area contributed by atoms with Crippen LogP contribution in [0.3, 0.4) is 0 Å². The van der Waals surface area contributed by atoms with Gasteiger partial charge in [-0.3, -0.25) is 9.59 Å². The van der Waals surface area contributed by atoms with Crippen molar-refractivity contribution in [2.24, 2.45) is 0 Å². The topological polar surface area (TPSA) is 85.4 Å². The number of benzene rings is 3. The van der Waals surface area contributed by atoms with Crippen LogP contribution in [0, 0.1) is 0 Å². The number of hydrazine groups is 1. The predicted octanol–water partition coefficient (Wildman–Crippen LogP) is 2.88. The van der Waals surface area contributed by atoms with Crippen molar-refractivity contribution >= 4 is 17.8 Å². The molecule has 0 aliphatic carbocycles. The van der Waals surface area contributed by atoms with Crippen molar-refractivity contribution in [2.75, 3.05) is 27.2 Å². The molecule has 202 valence electrons. The van der Waals surface area contributed by atoms with E-state index in [0.717, 1.165) is 22.4 Å². The second-order valence-electron chi connectivity index (χ2n) is 9.86. The number of likely N-dealkylation sites (N-methyl/N-ethyl adjacent to an activating group) is 1. The number of hydrogen-bond acceptors (Lipinski definition) is 5. The van der Waals surface area contributed by atoms with Gasteiger partial charge >= 0.3 is 6.03 Å². The molecule has 0 aromatic heterocycles. The van der Waals surface area contributed by atoms with Gasteiger partial charge in [-0.15, -0.1) is 0 Å². The largest absolute Gasteiger partial charge is 0.497 e. The minimum atomic E-state index is -0.727. The standard InChI is InChI=1S/C30H33N5O4/c1-32-21-28(36)34-26(17-22-9-5-3-6-10-22)29(37)33(19-24-13-15-25(39-2)16-14-24)20-27(34)35(32)30(38)31-18-23-11-7-4-8-12-23/h3-16,26-27H,17-21H2,1-2H3,(H,31,38)/t26-,27-/m0/s1. The van der Waals surface area contributed by atoms with Gasteiger partial charge in [0, 0.05) is 26.6 Å². The summed E-state index contributed by atoms with van der Waals surface area (Å²) in [6.45, 7) is 0.916. The number of nitrogens with one attached hydrogen (secondary N) is 1. The average molecular weight is 528 g/mol. The first-order chi connectivity index (χ1) is 18.9. The molecular weight excluding hydrogens is 494 g/mol. The summed E-state index contributed by atoms with van der Waals surface area (Å²) in [7, 11) is 3.34. The highest BCUT2D eigenvalue weighted by Crippen LogP contribution is 2.29. The number of hydrogen-bond donors (Lipinski definition) is 1. The lowest BCUT2D eigenvalue weighted by molar-refractivity contribution is -0.187. The zero-order chi connectivity index (χ0) is 27.4. The van der Waals surface area contributed by atoms with Gasteiger partial charge in [-0.25, -0.2) is 14.8 Å². The summed E-state index contributed by atoms with van der Waals surface area (Å²) in [6.07, 6.45) is -0.277. The van der Waals surface area contributed by atoms with E-state index in [9.17, 15) is 14.4 Å².